The predicted molar refractivity (Wildman–Crippen MR) is 58.3 cm³/mol. The van der Waals surface area contributed by atoms with E-state index >= 15 is 0 Å². The number of primary amides is 1. The number of benzene rings is 1. The molecule has 0 saturated carbocycles. The number of para-hydroxylation sites is 1. The first-order valence-corrected chi connectivity index (χ1v) is 4.57. The van der Waals surface area contributed by atoms with Gasteiger partial charge in [0.2, 0.25) is 11.8 Å². The number of carbonyl (C=O) groups is 1. The Hall–Kier alpha value is -2.37. The quantitative estimate of drug-likeness (QED) is 0.759. The van der Waals surface area contributed by atoms with Crippen molar-refractivity contribution in [3.05, 3.63) is 29.2 Å². The summed E-state index contributed by atoms with van der Waals surface area (Å²) in [4.78, 5) is 21.4. The first-order valence-electron chi connectivity index (χ1n) is 4.57. The van der Waals surface area contributed by atoms with E-state index in [0.29, 0.717) is 10.9 Å². The van der Waals surface area contributed by atoms with Crippen molar-refractivity contribution in [1.29, 1.82) is 0 Å². The van der Waals surface area contributed by atoms with Crippen LogP contribution < -0.4 is 5.73 Å². The molecule has 0 bridgehead atoms. The lowest BCUT2D eigenvalue weighted by Crippen LogP contribution is -2.18. The Morgan fingerprint density at radius 3 is 2.75 bits per heavy atom. The van der Waals surface area contributed by atoms with E-state index in [9.17, 15) is 14.8 Å². The summed E-state index contributed by atoms with van der Waals surface area (Å²) in [6.45, 7) is -0.193. The first kappa shape index (κ1) is 10.2. The molecular weight excluding hydrogens is 210 g/mol. The van der Waals surface area contributed by atoms with Crippen LogP contribution in [0.4, 0.5) is 5.69 Å². The van der Waals surface area contributed by atoms with Crippen LogP contribution in [0.3, 0.4) is 0 Å². The highest BCUT2D eigenvalue weighted by atomic mass is 16.3. The molecule has 0 unspecified atom stereocenters. The van der Waals surface area contributed by atoms with Crippen molar-refractivity contribution >= 4 is 22.5 Å². The van der Waals surface area contributed by atoms with Crippen molar-refractivity contribution < 1.29 is 9.90 Å². The summed E-state index contributed by atoms with van der Waals surface area (Å²) in [6.07, 6.45) is 0. The molecule has 0 spiro atoms. The standard InChI is InChI=1S/C10H9N3O3/c11-8(14)5-13-7-4-2-1-3-6(7)9(12-16)10(13)15/h1-4,15H,5H2,(H2,11,14). The Kier molecular flexibility index (Phi) is 2.32. The number of hydrogen-bond donors (Lipinski definition) is 2. The van der Waals surface area contributed by atoms with E-state index in [1.807, 2.05) is 0 Å². The molecule has 0 aliphatic rings. The lowest BCUT2D eigenvalue weighted by molar-refractivity contribution is -0.118. The molecule has 0 aliphatic heterocycles. The van der Waals surface area contributed by atoms with Gasteiger partial charge in [-0.25, -0.2) is 0 Å². The van der Waals surface area contributed by atoms with Crippen molar-refractivity contribution in [2.75, 3.05) is 0 Å². The van der Waals surface area contributed by atoms with Crippen LogP contribution in [0, 0.1) is 4.91 Å². The van der Waals surface area contributed by atoms with Crippen molar-refractivity contribution in [2.24, 2.45) is 10.9 Å². The topological polar surface area (TPSA) is 97.7 Å². The number of fused-ring (bicyclic) bond motifs is 1. The van der Waals surface area contributed by atoms with E-state index in [-0.39, 0.29) is 18.1 Å². The van der Waals surface area contributed by atoms with Crippen LogP contribution in [-0.2, 0) is 11.3 Å². The van der Waals surface area contributed by atoms with Gasteiger partial charge in [0.25, 0.3) is 0 Å². The second-order valence-electron chi connectivity index (χ2n) is 3.33. The van der Waals surface area contributed by atoms with Gasteiger partial charge in [-0.15, -0.1) is 4.91 Å². The lowest BCUT2D eigenvalue weighted by Gasteiger charge is -2.02. The largest absolute Gasteiger partial charge is 0.493 e. The summed E-state index contributed by atoms with van der Waals surface area (Å²) in [7, 11) is 0. The summed E-state index contributed by atoms with van der Waals surface area (Å²) in [5, 5.41) is 13.0. The molecule has 6 heteroatoms. The number of hydrogen-bond acceptors (Lipinski definition) is 4. The summed E-state index contributed by atoms with van der Waals surface area (Å²) in [5.74, 6) is -0.941. The normalized spacial score (nSPS) is 10.5. The SMILES string of the molecule is NC(=O)Cn1c(O)c(N=O)c2ccccc21. The molecule has 2 rings (SSSR count). The number of amides is 1. The molecule has 0 fully saturated rings. The number of nitrogens with two attached hydrogens (primary N) is 1. The number of carbonyl (C=O) groups excluding carboxylic acids is 1. The number of aromatic hydroxyl groups is 1. The molecule has 1 heterocycles. The van der Waals surface area contributed by atoms with Crippen LogP contribution in [0.1, 0.15) is 0 Å². The van der Waals surface area contributed by atoms with Crippen LogP contribution >= 0.6 is 0 Å². The highest BCUT2D eigenvalue weighted by molar-refractivity contribution is 5.96. The molecule has 0 atom stereocenters. The average molecular weight is 219 g/mol. The zero-order valence-corrected chi connectivity index (χ0v) is 8.25. The fourth-order valence-corrected chi connectivity index (χ4v) is 1.68. The molecule has 3 N–H and O–H groups in total. The van der Waals surface area contributed by atoms with Gasteiger partial charge in [0.15, 0.2) is 5.69 Å². The number of aromatic nitrogens is 1. The maximum Gasteiger partial charge on any atom is 0.237 e. The van der Waals surface area contributed by atoms with Gasteiger partial charge in [0, 0.05) is 5.39 Å². The van der Waals surface area contributed by atoms with Crippen LogP contribution in [0.15, 0.2) is 29.4 Å². The zero-order chi connectivity index (χ0) is 11.7. The van der Waals surface area contributed by atoms with E-state index in [0.717, 1.165) is 0 Å². The molecule has 1 aromatic heterocycles. The first-order chi connectivity index (χ1) is 7.65. The maximum atomic E-state index is 10.8. The molecule has 0 saturated heterocycles. The molecule has 6 nitrogen and oxygen atoms in total. The highest BCUT2D eigenvalue weighted by Crippen LogP contribution is 2.37. The van der Waals surface area contributed by atoms with Gasteiger partial charge in [-0.2, -0.15) is 0 Å². The van der Waals surface area contributed by atoms with E-state index in [1.54, 1.807) is 24.3 Å². The van der Waals surface area contributed by atoms with E-state index in [2.05, 4.69) is 5.18 Å². The zero-order valence-electron chi connectivity index (χ0n) is 8.25. The molecule has 82 valence electrons. The van der Waals surface area contributed by atoms with Crippen LogP contribution in [0.5, 0.6) is 5.88 Å². The van der Waals surface area contributed by atoms with Crippen LogP contribution in [0.25, 0.3) is 10.9 Å². The van der Waals surface area contributed by atoms with Gasteiger partial charge in [0.1, 0.15) is 6.54 Å². The lowest BCUT2D eigenvalue weighted by atomic mass is 10.2. The molecular formula is C10H9N3O3. The van der Waals surface area contributed by atoms with Crippen LogP contribution in [0.2, 0.25) is 0 Å². The van der Waals surface area contributed by atoms with Crippen molar-refractivity contribution in [2.45, 2.75) is 6.54 Å². The summed E-state index contributed by atoms with van der Waals surface area (Å²) >= 11 is 0. The summed E-state index contributed by atoms with van der Waals surface area (Å²) < 4.78 is 1.26. The monoisotopic (exact) mass is 219 g/mol. The molecule has 0 radical (unpaired) electrons. The second-order valence-corrected chi connectivity index (χ2v) is 3.33. The Morgan fingerprint density at radius 2 is 2.12 bits per heavy atom. The maximum absolute atomic E-state index is 10.8. The third-order valence-electron chi connectivity index (χ3n) is 2.32. The fourth-order valence-electron chi connectivity index (χ4n) is 1.68. The molecule has 16 heavy (non-hydrogen) atoms. The van der Waals surface area contributed by atoms with Crippen molar-refractivity contribution in [1.82, 2.24) is 4.57 Å². The molecule has 1 amide bonds. The smallest absolute Gasteiger partial charge is 0.237 e. The molecule has 2 aromatic rings. The number of nitrogens with zero attached hydrogens (tertiary/aromatic N) is 2. The van der Waals surface area contributed by atoms with Gasteiger partial charge < -0.3 is 15.4 Å². The minimum Gasteiger partial charge on any atom is -0.493 e. The van der Waals surface area contributed by atoms with Gasteiger partial charge in [-0.3, -0.25) is 4.79 Å². The summed E-state index contributed by atoms with van der Waals surface area (Å²) in [5.41, 5.74) is 5.53. The second kappa shape index (κ2) is 3.65. The van der Waals surface area contributed by atoms with Gasteiger partial charge in [0.05, 0.1) is 5.52 Å². The number of nitroso groups, excluding NO2 is 1. The minimum absolute atomic E-state index is 0.0724. The number of rotatable bonds is 3. The third-order valence-corrected chi connectivity index (χ3v) is 2.32. The minimum atomic E-state index is -0.603. The van der Waals surface area contributed by atoms with Crippen molar-refractivity contribution in [3.8, 4) is 5.88 Å². The van der Waals surface area contributed by atoms with E-state index < -0.39 is 5.91 Å². The molecule has 0 aliphatic carbocycles. The van der Waals surface area contributed by atoms with Gasteiger partial charge in [-0.1, -0.05) is 18.2 Å². The predicted octanol–water partition coefficient (Wildman–Crippen LogP) is 1.23. The Morgan fingerprint density at radius 1 is 1.44 bits per heavy atom. The van der Waals surface area contributed by atoms with Crippen LogP contribution in [-0.4, -0.2) is 15.6 Å². The Bertz CT molecular complexity index is 574. The Balaban J connectivity index is 2.76. The third kappa shape index (κ3) is 1.40. The molecule has 1 aromatic carbocycles. The van der Waals surface area contributed by atoms with Gasteiger partial charge >= 0.3 is 0 Å². The fraction of sp³-hybridized carbons (Fsp3) is 0.100. The van der Waals surface area contributed by atoms with Gasteiger partial charge in [-0.05, 0) is 11.2 Å². The highest BCUT2D eigenvalue weighted by Gasteiger charge is 2.17. The van der Waals surface area contributed by atoms with E-state index in [4.69, 9.17) is 5.73 Å². The summed E-state index contributed by atoms with van der Waals surface area (Å²) in [6, 6.07) is 6.76. The van der Waals surface area contributed by atoms with E-state index in [1.165, 1.54) is 4.57 Å². The average Bonchev–Trinajstić information content (AvgIpc) is 2.52. The Labute approximate surface area is 90.3 Å². The van der Waals surface area contributed by atoms with Crippen molar-refractivity contribution in [3.63, 3.8) is 0 Å².